The number of alkyl halides is 1. The van der Waals surface area contributed by atoms with Gasteiger partial charge in [-0.25, -0.2) is 9.67 Å². The van der Waals surface area contributed by atoms with Gasteiger partial charge in [0.15, 0.2) is 0 Å². The topological polar surface area (TPSA) is 37.2 Å². The van der Waals surface area contributed by atoms with Crippen molar-refractivity contribution in [1.82, 2.24) is 24.6 Å². The number of hydrogen-bond acceptors (Lipinski definition) is 4. The summed E-state index contributed by atoms with van der Waals surface area (Å²) in [5.41, 5.74) is 0. The van der Waals surface area contributed by atoms with Crippen molar-refractivity contribution in [3.05, 3.63) is 12.2 Å². The van der Waals surface area contributed by atoms with E-state index in [2.05, 4.69) is 49.7 Å². The first-order valence-corrected chi connectivity index (χ1v) is 7.72. The molecule has 0 saturated carbocycles. The summed E-state index contributed by atoms with van der Waals surface area (Å²) >= 11 is 3.50. The van der Waals surface area contributed by atoms with E-state index in [-0.39, 0.29) is 0 Å². The lowest BCUT2D eigenvalue weighted by Crippen LogP contribution is -2.46. The molecule has 0 N–H and O–H groups in total. The highest BCUT2D eigenvalue weighted by atomic mass is 79.9. The smallest absolute Gasteiger partial charge is 0.141 e. The van der Waals surface area contributed by atoms with E-state index in [0.29, 0.717) is 6.04 Å². The van der Waals surface area contributed by atoms with Crippen molar-refractivity contribution in [2.75, 3.05) is 38.1 Å². The lowest BCUT2D eigenvalue weighted by atomic mass is 10.3. The summed E-state index contributed by atoms with van der Waals surface area (Å²) in [6.45, 7) is 10.9. The van der Waals surface area contributed by atoms with Gasteiger partial charge in [0.1, 0.15) is 12.2 Å². The molecule has 1 aromatic heterocycles. The van der Waals surface area contributed by atoms with Crippen LogP contribution < -0.4 is 0 Å². The Morgan fingerprint density at radius 3 is 2.50 bits per heavy atom. The molecular formula is C12H22BrN5. The van der Waals surface area contributed by atoms with Gasteiger partial charge in [-0.2, -0.15) is 5.10 Å². The summed E-state index contributed by atoms with van der Waals surface area (Å²) < 4.78 is 2.02. The summed E-state index contributed by atoms with van der Waals surface area (Å²) in [5, 5.41) is 5.35. The van der Waals surface area contributed by atoms with Crippen LogP contribution >= 0.6 is 15.9 Å². The molecule has 2 rings (SSSR count). The normalized spacial score (nSPS) is 18.7. The van der Waals surface area contributed by atoms with Crippen molar-refractivity contribution in [3.8, 4) is 0 Å². The van der Waals surface area contributed by atoms with Gasteiger partial charge in [-0.1, -0.05) is 15.9 Å². The fraction of sp³-hybridized carbons (Fsp3) is 0.833. The molecule has 5 nitrogen and oxygen atoms in total. The van der Waals surface area contributed by atoms with E-state index < -0.39 is 0 Å². The third-order valence-electron chi connectivity index (χ3n) is 3.37. The zero-order chi connectivity index (χ0) is 13.0. The van der Waals surface area contributed by atoms with Gasteiger partial charge in [-0.3, -0.25) is 9.80 Å². The number of hydrogen-bond donors (Lipinski definition) is 0. The maximum absolute atomic E-state index is 4.38. The van der Waals surface area contributed by atoms with Gasteiger partial charge in [-0.15, -0.1) is 0 Å². The monoisotopic (exact) mass is 315 g/mol. The van der Waals surface area contributed by atoms with Crippen LogP contribution in [0.1, 0.15) is 25.7 Å². The Labute approximate surface area is 117 Å². The van der Waals surface area contributed by atoms with Crippen molar-refractivity contribution >= 4 is 15.9 Å². The lowest BCUT2D eigenvalue weighted by Gasteiger charge is -2.34. The Hall–Kier alpha value is -0.460. The highest BCUT2D eigenvalue weighted by molar-refractivity contribution is 9.09. The number of aromatic nitrogens is 3. The minimum atomic E-state index is 0.386. The number of halogens is 1. The molecule has 102 valence electrons. The molecule has 1 aliphatic heterocycles. The number of piperazine rings is 1. The highest BCUT2D eigenvalue weighted by Crippen LogP contribution is 2.10. The summed E-state index contributed by atoms with van der Waals surface area (Å²) in [7, 11) is 0. The van der Waals surface area contributed by atoms with Crippen LogP contribution in [-0.2, 0) is 6.54 Å². The van der Waals surface area contributed by atoms with Crippen molar-refractivity contribution in [1.29, 1.82) is 0 Å². The molecule has 2 heterocycles. The van der Waals surface area contributed by atoms with E-state index in [9.17, 15) is 0 Å². The molecule has 18 heavy (non-hydrogen) atoms. The van der Waals surface area contributed by atoms with Crippen LogP contribution in [0.2, 0.25) is 0 Å². The molecule has 0 amide bonds. The third kappa shape index (κ3) is 3.52. The zero-order valence-corrected chi connectivity index (χ0v) is 12.8. The van der Waals surface area contributed by atoms with Crippen LogP contribution in [0, 0.1) is 0 Å². The number of nitrogens with zero attached hydrogens (tertiary/aromatic N) is 5. The molecule has 1 aromatic rings. The van der Waals surface area contributed by atoms with Gasteiger partial charge in [0.05, 0.1) is 6.54 Å². The van der Waals surface area contributed by atoms with Crippen molar-refractivity contribution < 1.29 is 0 Å². The molecule has 0 atom stereocenters. The molecule has 1 fully saturated rings. The predicted molar refractivity (Wildman–Crippen MR) is 75.9 cm³/mol. The molecule has 1 aliphatic rings. The second-order valence-corrected chi connectivity index (χ2v) is 5.81. The fourth-order valence-electron chi connectivity index (χ4n) is 2.31. The molecular weight excluding hydrogens is 294 g/mol. The molecule has 0 spiro atoms. The maximum Gasteiger partial charge on any atom is 0.141 e. The SMILES string of the molecule is CC(C)n1ncnc1CN1CCN(CCBr)CC1. The van der Waals surface area contributed by atoms with Gasteiger partial charge in [0.2, 0.25) is 0 Å². The van der Waals surface area contributed by atoms with E-state index in [1.54, 1.807) is 6.33 Å². The summed E-state index contributed by atoms with van der Waals surface area (Å²) in [6.07, 6.45) is 1.66. The molecule has 0 bridgehead atoms. The van der Waals surface area contributed by atoms with Crippen LogP contribution in [-0.4, -0.2) is 62.6 Å². The molecule has 0 aromatic carbocycles. The van der Waals surface area contributed by atoms with E-state index in [1.807, 2.05) is 4.68 Å². The Morgan fingerprint density at radius 1 is 1.22 bits per heavy atom. The molecule has 1 saturated heterocycles. The Kier molecular flexibility index (Phi) is 5.14. The second kappa shape index (κ2) is 6.63. The molecule has 0 aliphatic carbocycles. The van der Waals surface area contributed by atoms with Crippen LogP contribution in [0.15, 0.2) is 6.33 Å². The van der Waals surface area contributed by atoms with Gasteiger partial charge in [-0.05, 0) is 13.8 Å². The first-order valence-electron chi connectivity index (χ1n) is 6.59. The molecule has 6 heteroatoms. The van der Waals surface area contributed by atoms with Gasteiger partial charge < -0.3 is 0 Å². The third-order valence-corrected chi connectivity index (χ3v) is 3.72. The standard InChI is InChI=1S/C12H22BrN5/c1-11(2)18-12(14-10-15-18)9-17-7-5-16(4-3-13)6-8-17/h10-11H,3-9H2,1-2H3. The zero-order valence-electron chi connectivity index (χ0n) is 11.2. The van der Waals surface area contributed by atoms with E-state index in [0.717, 1.165) is 50.4 Å². The Bertz CT molecular complexity index is 357. The van der Waals surface area contributed by atoms with Crippen LogP contribution in [0.25, 0.3) is 0 Å². The van der Waals surface area contributed by atoms with Crippen molar-refractivity contribution in [2.45, 2.75) is 26.4 Å². The fourth-order valence-corrected chi connectivity index (χ4v) is 2.81. The van der Waals surface area contributed by atoms with Crippen molar-refractivity contribution in [3.63, 3.8) is 0 Å². The van der Waals surface area contributed by atoms with E-state index in [4.69, 9.17) is 0 Å². The van der Waals surface area contributed by atoms with E-state index in [1.165, 1.54) is 0 Å². The minimum Gasteiger partial charge on any atom is -0.300 e. The summed E-state index contributed by atoms with van der Waals surface area (Å²) in [4.78, 5) is 9.34. The van der Waals surface area contributed by atoms with Crippen LogP contribution in [0.5, 0.6) is 0 Å². The van der Waals surface area contributed by atoms with Crippen molar-refractivity contribution in [2.24, 2.45) is 0 Å². The highest BCUT2D eigenvalue weighted by Gasteiger charge is 2.18. The number of rotatable bonds is 5. The predicted octanol–water partition coefficient (Wildman–Crippen LogP) is 1.37. The molecule has 0 radical (unpaired) electrons. The summed E-state index contributed by atoms with van der Waals surface area (Å²) in [6, 6.07) is 0.386. The maximum atomic E-state index is 4.38. The quantitative estimate of drug-likeness (QED) is 0.769. The first kappa shape index (κ1) is 14.0. The lowest BCUT2D eigenvalue weighted by molar-refractivity contribution is 0.128. The van der Waals surface area contributed by atoms with Gasteiger partial charge >= 0.3 is 0 Å². The van der Waals surface area contributed by atoms with E-state index >= 15 is 0 Å². The average molecular weight is 316 g/mol. The minimum absolute atomic E-state index is 0.386. The second-order valence-electron chi connectivity index (χ2n) is 5.02. The Morgan fingerprint density at radius 2 is 1.89 bits per heavy atom. The van der Waals surface area contributed by atoms with Gasteiger partial charge in [0.25, 0.3) is 0 Å². The summed E-state index contributed by atoms with van der Waals surface area (Å²) in [5.74, 6) is 1.08. The Balaban J connectivity index is 1.86. The van der Waals surface area contributed by atoms with Crippen LogP contribution in [0.3, 0.4) is 0 Å². The average Bonchev–Trinajstić information content (AvgIpc) is 2.80. The van der Waals surface area contributed by atoms with Gasteiger partial charge in [0, 0.05) is 44.1 Å². The molecule has 0 unspecified atom stereocenters. The largest absolute Gasteiger partial charge is 0.300 e. The first-order chi connectivity index (χ1) is 8.70. The van der Waals surface area contributed by atoms with Crippen LogP contribution in [0.4, 0.5) is 0 Å².